The molecule has 134 valence electrons. The lowest BCUT2D eigenvalue weighted by molar-refractivity contribution is -0.119. The molecule has 0 radical (unpaired) electrons. The Morgan fingerprint density at radius 2 is 1.96 bits per heavy atom. The van der Waals surface area contributed by atoms with Gasteiger partial charge >= 0.3 is 0 Å². The van der Waals surface area contributed by atoms with Crippen LogP contribution in [0.5, 0.6) is 0 Å². The summed E-state index contributed by atoms with van der Waals surface area (Å²) in [6, 6.07) is 5.32. The molecule has 1 aliphatic rings. The quantitative estimate of drug-likeness (QED) is 0.717. The van der Waals surface area contributed by atoms with Crippen molar-refractivity contribution < 1.29 is 13.7 Å². The van der Waals surface area contributed by atoms with Crippen LogP contribution in [0.4, 0.5) is 10.2 Å². The second-order valence-corrected chi connectivity index (χ2v) is 6.53. The zero-order valence-electron chi connectivity index (χ0n) is 14.8. The minimum absolute atomic E-state index is 0.234. The van der Waals surface area contributed by atoms with E-state index in [1.807, 2.05) is 24.0 Å². The number of carbonyl (C=O) groups excluding carboxylic acids is 1. The van der Waals surface area contributed by atoms with E-state index in [1.165, 1.54) is 6.07 Å². The van der Waals surface area contributed by atoms with Gasteiger partial charge in [0.2, 0.25) is 11.7 Å². The minimum atomic E-state index is -0.343. The van der Waals surface area contributed by atoms with Crippen molar-refractivity contribution >= 4 is 22.5 Å². The largest absolute Gasteiger partial charge is 0.355 e. The molecule has 1 aromatic carbocycles. The number of aromatic nitrogens is 3. The molecule has 0 spiro atoms. The predicted octanol–water partition coefficient (Wildman–Crippen LogP) is 3.46. The lowest BCUT2D eigenvalue weighted by atomic mass is 10.0. The molecule has 1 fully saturated rings. The van der Waals surface area contributed by atoms with Gasteiger partial charge in [0.15, 0.2) is 0 Å². The third kappa shape index (κ3) is 2.94. The van der Waals surface area contributed by atoms with Gasteiger partial charge in [0.1, 0.15) is 22.9 Å². The standard InChI is InChI=1S/C19H19FN4O2/c1-3-12-8-13-10-15(18-21-11(2)26-23-18)19(22-17(13)16(20)9-12)24-6-4-14(25)5-7-24/h8-10H,3-7H2,1-2H3. The van der Waals surface area contributed by atoms with Gasteiger partial charge in [0, 0.05) is 38.2 Å². The van der Waals surface area contributed by atoms with E-state index in [4.69, 9.17) is 4.52 Å². The fourth-order valence-electron chi connectivity index (χ4n) is 3.28. The second kappa shape index (κ2) is 6.48. The van der Waals surface area contributed by atoms with Gasteiger partial charge in [-0.3, -0.25) is 4.79 Å². The molecule has 0 aliphatic carbocycles. The lowest BCUT2D eigenvalue weighted by Crippen LogP contribution is -2.34. The molecule has 1 saturated heterocycles. The Kier molecular flexibility index (Phi) is 4.14. The van der Waals surface area contributed by atoms with Crippen molar-refractivity contribution in [3.63, 3.8) is 0 Å². The molecule has 1 aliphatic heterocycles. The number of hydrogen-bond donors (Lipinski definition) is 0. The molecule has 0 saturated carbocycles. The van der Waals surface area contributed by atoms with E-state index < -0.39 is 0 Å². The maximum Gasteiger partial charge on any atom is 0.223 e. The second-order valence-electron chi connectivity index (χ2n) is 6.53. The van der Waals surface area contributed by atoms with E-state index >= 15 is 0 Å². The number of piperidine rings is 1. The van der Waals surface area contributed by atoms with E-state index in [0.717, 1.165) is 12.0 Å². The number of ketones is 1. The van der Waals surface area contributed by atoms with E-state index in [9.17, 15) is 9.18 Å². The Morgan fingerprint density at radius 1 is 1.19 bits per heavy atom. The molecule has 26 heavy (non-hydrogen) atoms. The van der Waals surface area contributed by atoms with Crippen molar-refractivity contribution in [1.29, 1.82) is 0 Å². The number of carbonyl (C=O) groups is 1. The number of aryl methyl sites for hydroxylation is 2. The summed E-state index contributed by atoms with van der Waals surface area (Å²) < 4.78 is 19.7. The smallest absolute Gasteiger partial charge is 0.223 e. The molecule has 0 N–H and O–H groups in total. The molecular formula is C19H19FN4O2. The van der Waals surface area contributed by atoms with Crippen molar-refractivity contribution in [3.8, 4) is 11.4 Å². The molecule has 2 aromatic heterocycles. The van der Waals surface area contributed by atoms with Crippen LogP contribution >= 0.6 is 0 Å². The molecule has 0 atom stereocenters. The number of hydrogen-bond acceptors (Lipinski definition) is 6. The van der Waals surface area contributed by atoms with Crippen LogP contribution in [0.25, 0.3) is 22.3 Å². The Labute approximate surface area is 150 Å². The van der Waals surface area contributed by atoms with Gasteiger partial charge in [-0.2, -0.15) is 4.98 Å². The van der Waals surface area contributed by atoms with E-state index in [1.54, 1.807) is 6.92 Å². The first-order chi connectivity index (χ1) is 12.5. The number of fused-ring (bicyclic) bond motifs is 1. The zero-order valence-corrected chi connectivity index (χ0v) is 14.8. The maximum atomic E-state index is 14.6. The zero-order chi connectivity index (χ0) is 18.3. The number of nitrogens with zero attached hydrogens (tertiary/aromatic N) is 4. The molecular weight excluding hydrogens is 335 g/mol. The van der Waals surface area contributed by atoms with Crippen LogP contribution in [-0.4, -0.2) is 34.0 Å². The summed E-state index contributed by atoms with van der Waals surface area (Å²) in [5.74, 6) is 1.36. The molecule has 7 heteroatoms. The van der Waals surface area contributed by atoms with E-state index in [2.05, 4.69) is 15.1 Å². The first-order valence-electron chi connectivity index (χ1n) is 8.75. The Hall–Kier alpha value is -2.83. The number of Topliss-reactive ketones (excluding diaryl/α,β-unsaturated/α-hetero) is 1. The molecule has 6 nitrogen and oxygen atoms in total. The van der Waals surface area contributed by atoms with Crippen LogP contribution in [0, 0.1) is 12.7 Å². The topological polar surface area (TPSA) is 72.1 Å². The van der Waals surface area contributed by atoms with Crippen molar-refractivity contribution in [2.45, 2.75) is 33.1 Å². The third-order valence-corrected chi connectivity index (χ3v) is 4.71. The normalized spacial score (nSPS) is 15.0. The fraction of sp³-hybridized carbons (Fsp3) is 0.368. The van der Waals surface area contributed by atoms with Crippen molar-refractivity contribution in [3.05, 3.63) is 35.5 Å². The predicted molar refractivity (Wildman–Crippen MR) is 95.6 cm³/mol. The van der Waals surface area contributed by atoms with Crippen LogP contribution in [0.1, 0.15) is 31.2 Å². The van der Waals surface area contributed by atoms with Gasteiger partial charge in [-0.15, -0.1) is 0 Å². The summed E-state index contributed by atoms with van der Waals surface area (Å²) in [5.41, 5.74) is 1.91. The molecule has 0 amide bonds. The number of anilines is 1. The molecule has 0 unspecified atom stereocenters. The summed E-state index contributed by atoms with van der Waals surface area (Å²) in [6.07, 6.45) is 1.66. The van der Waals surface area contributed by atoms with Gasteiger partial charge in [0.05, 0.1) is 5.56 Å². The van der Waals surface area contributed by atoms with Gasteiger partial charge in [0.25, 0.3) is 0 Å². The minimum Gasteiger partial charge on any atom is -0.355 e. The van der Waals surface area contributed by atoms with Gasteiger partial charge < -0.3 is 9.42 Å². The van der Waals surface area contributed by atoms with Crippen LogP contribution < -0.4 is 4.90 Å². The van der Waals surface area contributed by atoms with Gasteiger partial charge in [-0.05, 0) is 30.2 Å². The Balaban J connectivity index is 1.92. The molecule has 3 heterocycles. The van der Waals surface area contributed by atoms with Crippen molar-refractivity contribution in [2.75, 3.05) is 18.0 Å². The maximum absolute atomic E-state index is 14.6. The first kappa shape index (κ1) is 16.6. The summed E-state index contributed by atoms with van der Waals surface area (Å²) >= 11 is 0. The monoisotopic (exact) mass is 354 g/mol. The fourth-order valence-corrected chi connectivity index (χ4v) is 3.28. The van der Waals surface area contributed by atoms with Gasteiger partial charge in [-0.1, -0.05) is 12.1 Å². The number of pyridine rings is 1. The summed E-state index contributed by atoms with van der Waals surface area (Å²) in [7, 11) is 0. The Morgan fingerprint density at radius 3 is 2.62 bits per heavy atom. The van der Waals surface area contributed by atoms with Crippen molar-refractivity contribution in [2.24, 2.45) is 0 Å². The molecule has 4 rings (SSSR count). The van der Waals surface area contributed by atoms with E-state index in [-0.39, 0.29) is 11.6 Å². The Bertz CT molecular complexity index is 989. The highest BCUT2D eigenvalue weighted by molar-refractivity contribution is 5.90. The highest BCUT2D eigenvalue weighted by atomic mass is 19.1. The van der Waals surface area contributed by atoms with Crippen LogP contribution in [0.15, 0.2) is 22.7 Å². The lowest BCUT2D eigenvalue weighted by Gasteiger charge is -2.28. The molecule has 3 aromatic rings. The van der Waals surface area contributed by atoms with Crippen LogP contribution in [0.3, 0.4) is 0 Å². The van der Waals surface area contributed by atoms with Crippen molar-refractivity contribution in [1.82, 2.24) is 15.1 Å². The first-order valence-corrected chi connectivity index (χ1v) is 8.75. The summed E-state index contributed by atoms with van der Waals surface area (Å²) in [4.78, 5) is 22.5. The number of halogens is 1. The average Bonchev–Trinajstić information content (AvgIpc) is 3.07. The van der Waals surface area contributed by atoms with Crippen LogP contribution in [0.2, 0.25) is 0 Å². The number of benzene rings is 1. The van der Waals surface area contributed by atoms with E-state index in [0.29, 0.717) is 59.9 Å². The number of rotatable bonds is 3. The summed E-state index contributed by atoms with van der Waals surface area (Å²) in [5, 5.41) is 4.72. The third-order valence-electron chi connectivity index (χ3n) is 4.71. The summed E-state index contributed by atoms with van der Waals surface area (Å²) in [6.45, 7) is 4.81. The average molecular weight is 354 g/mol. The van der Waals surface area contributed by atoms with Crippen LogP contribution in [-0.2, 0) is 11.2 Å². The van der Waals surface area contributed by atoms with Gasteiger partial charge in [-0.25, -0.2) is 9.37 Å². The SMILES string of the molecule is CCc1cc(F)c2nc(N3CCC(=O)CC3)c(-c3noc(C)n3)cc2c1. The molecule has 0 bridgehead atoms. The highest BCUT2D eigenvalue weighted by Crippen LogP contribution is 2.33. The highest BCUT2D eigenvalue weighted by Gasteiger charge is 2.24.